The molecule has 0 radical (unpaired) electrons. The van der Waals surface area contributed by atoms with Crippen LogP contribution in [0.1, 0.15) is 125 Å². The maximum absolute atomic E-state index is 16.3. The van der Waals surface area contributed by atoms with Gasteiger partial charge in [0, 0.05) is 0 Å². The third-order valence-corrected chi connectivity index (χ3v) is 66.0. The summed E-state index contributed by atoms with van der Waals surface area (Å²) in [6.45, 7) is 65.3. The number of nitrogens with zero attached hydrogens (tertiary/aromatic N) is 3. The summed E-state index contributed by atoms with van der Waals surface area (Å²) < 4.78 is 143. The molecule has 0 aromatic heterocycles. The summed E-state index contributed by atoms with van der Waals surface area (Å²) in [5, 5.41) is -0.870. The zero-order chi connectivity index (χ0) is 70.5. The van der Waals surface area contributed by atoms with Crippen LogP contribution in [0.4, 0.5) is 0 Å². The van der Waals surface area contributed by atoms with Gasteiger partial charge in [0.15, 0.2) is 0 Å². The standard InChI is InChI=1S/3C22H42NO4SSi2.Bi/c3*1-21(2,3)29(7,8)26-18-16-23(17-19-27-30(9,10)22(4,5)6)28(24,25)20-14-12-11-13-15-20;/h3*11-14H,16-19H2,1-10H3;. The Balaban J connectivity index is 2.63. The quantitative estimate of drug-likeness (QED) is 0.0530. The molecule has 0 aliphatic carbocycles. The second kappa shape index (κ2) is 31.3. The van der Waals surface area contributed by atoms with Gasteiger partial charge in [0.05, 0.1) is 0 Å². The van der Waals surface area contributed by atoms with E-state index in [-0.39, 0.29) is 124 Å². The van der Waals surface area contributed by atoms with Gasteiger partial charge in [-0.25, -0.2) is 0 Å². The molecule has 524 valence electrons. The van der Waals surface area contributed by atoms with Gasteiger partial charge in [-0.05, 0) is 0 Å². The minimum atomic E-state index is -4.78. The Morgan fingerprint density at radius 3 is 0.571 bits per heavy atom. The van der Waals surface area contributed by atoms with Crippen LogP contribution < -0.4 is 9.81 Å². The molecule has 0 spiro atoms. The molecule has 3 rings (SSSR count). The van der Waals surface area contributed by atoms with Gasteiger partial charge < -0.3 is 0 Å². The summed E-state index contributed by atoms with van der Waals surface area (Å²) in [4.78, 5) is -0.0510. The van der Waals surface area contributed by atoms with E-state index < -0.39 is 102 Å². The number of hydrogen-bond donors (Lipinski definition) is 0. The van der Waals surface area contributed by atoms with Crippen LogP contribution in [0.2, 0.25) is 109 Å². The van der Waals surface area contributed by atoms with Gasteiger partial charge in [-0.15, -0.1) is 0 Å². The number of benzene rings is 3. The number of hydrogen-bond acceptors (Lipinski definition) is 12. The van der Waals surface area contributed by atoms with Crippen LogP contribution in [-0.4, -0.2) is 189 Å². The van der Waals surface area contributed by atoms with E-state index in [1.54, 1.807) is 72.8 Å². The fraction of sp³-hybridized carbons (Fsp3) is 0.727. The van der Waals surface area contributed by atoms with Crippen molar-refractivity contribution in [3.63, 3.8) is 0 Å². The molecule has 0 aliphatic rings. The van der Waals surface area contributed by atoms with Crippen LogP contribution in [0.15, 0.2) is 87.5 Å². The zero-order valence-electron chi connectivity index (χ0n) is 62.3. The molecule has 0 heterocycles. The first-order valence-corrected chi connectivity index (χ1v) is 59.7. The van der Waals surface area contributed by atoms with E-state index in [1.807, 2.05) is 0 Å². The Bertz CT molecular complexity index is 2770. The van der Waals surface area contributed by atoms with Crippen molar-refractivity contribution in [3.05, 3.63) is 72.8 Å². The van der Waals surface area contributed by atoms with E-state index in [4.69, 9.17) is 26.6 Å². The van der Waals surface area contributed by atoms with Crippen molar-refractivity contribution in [3.8, 4) is 0 Å². The summed E-state index contributed by atoms with van der Waals surface area (Å²) >= 11 is -4.78. The molecule has 0 saturated carbocycles. The van der Waals surface area contributed by atoms with Crippen LogP contribution in [0.5, 0.6) is 0 Å². The van der Waals surface area contributed by atoms with E-state index in [2.05, 4.69) is 203 Å². The first-order valence-electron chi connectivity index (χ1n) is 32.7. The Labute approximate surface area is 571 Å². The average molecular weight is 1630 g/mol. The molecular formula is C66H126BiN3O12S3Si6. The Kier molecular flexibility index (Phi) is 29.0. The van der Waals surface area contributed by atoms with Gasteiger partial charge in [-0.1, -0.05) is 0 Å². The minimum absolute atomic E-state index is 0.0170. The van der Waals surface area contributed by atoms with Crippen molar-refractivity contribution in [2.24, 2.45) is 0 Å². The van der Waals surface area contributed by atoms with E-state index in [0.29, 0.717) is 9.81 Å². The van der Waals surface area contributed by atoms with E-state index in [9.17, 15) is 0 Å². The number of sulfonamides is 3. The zero-order valence-corrected chi connectivity index (χ0v) is 74.3. The second-order valence-corrected chi connectivity index (χ2v) is 76.4. The van der Waals surface area contributed by atoms with E-state index in [1.165, 1.54) is 12.9 Å². The van der Waals surface area contributed by atoms with Crippen LogP contribution in [0.25, 0.3) is 0 Å². The van der Waals surface area contributed by atoms with Crippen molar-refractivity contribution in [2.45, 2.75) is 248 Å². The van der Waals surface area contributed by atoms with Crippen LogP contribution in [0.3, 0.4) is 0 Å². The number of rotatable bonds is 33. The van der Waals surface area contributed by atoms with Crippen molar-refractivity contribution in [1.82, 2.24) is 12.9 Å². The molecule has 0 N–H and O–H groups in total. The van der Waals surface area contributed by atoms with Crippen molar-refractivity contribution in [1.29, 1.82) is 0 Å². The normalized spacial score (nSPS) is 14.8. The summed E-state index contributed by atoms with van der Waals surface area (Å²) in [6, 6.07) is 20.6. The molecule has 0 atom stereocenters. The molecule has 0 unspecified atom stereocenters. The third kappa shape index (κ3) is 21.9. The molecule has 3 aromatic rings. The summed E-state index contributed by atoms with van der Waals surface area (Å²) in [5.74, 6) is 0. The Hall–Kier alpha value is -0.666. The van der Waals surface area contributed by atoms with Crippen molar-refractivity contribution >= 4 is 112 Å². The van der Waals surface area contributed by atoms with Gasteiger partial charge in [0.25, 0.3) is 0 Å². The van der Waals surface area contributed by atoms with Gasteiger partial charge in [0.2, 0.25) is 0 Å². The average Bonchev–Trinajstić information content (AvgIpc) is 0.745. The molecule has 25 heteroatoms. The summed E-state index contributed by atoms with van der Waals surface area (Å²) in [5.41, 5.74) is 0. The fourth-order valence-corrected chi connectivity index (χ4v) is 34.5. The third-order valence-electron chi connectivity index (χ3n) is 20.8. The molecule has 0 fully saturated rings. The molecular weight excluding hydrogens is 1500 g/mol. The monoisotopic (exact) mass is 1630 g/mol. The van der Waals surface area contributed by atoms with Crippen LogP contribution in [0, 0.1) is 0 Å². The molecule has 0 bridgehead atoms. The summed E-state index contributed by atoms with van der Waals surface area (Å²) in [7, 11) is -27.7. The Morgan fingerprint density at radius 2 is 0.429 bits per heavy atom. The van der Waals surface area contributed by atoms with Gasteiger partial charge in [-0.2, -0.15) is 0 Å². The first kappa shape index (κ1) is 84.6. The topological polar surface area (TPSA) is 168 Å². The molecule has 3 aromatic carbocycles. The Morgan fingerprint density at radius 1 is 0.286 bits per heavy atom. The molecule has 15 nitrogen and oxygen atoms in total. The van der Waals surface area contributed by atoms with Gasteiger partial charge >= 0.3 is 576 Å². The van der Waals surface area contributed by atoms with Gasteiger partial charge in [0.1, 0.15) is 0 Å². The van der Waals surface area contributed by atoms with E-state index >= 15 is 25.3 Å². The molecule has 0 amide bonds. The fourth-order valence-electron chi connectivity index (χ4n) is 8.16. The van der Waals surface area contributed by atoms with Crippen LogP contribution >= 0.6 is 0 Å². The van der Waals surface area contributed by atoms with Crippen LogP contribution in [-0.2, 0) is 56.6 Å². The predicted octanol–water partition coefficient (Wildman–Crippen LogP) is 14.3. The predicted molar refractivity (Wildman–Crippen MR) is 399 cm³/mol. The summed E-state index contributed by atoms with van der Waals surface area (Å²) in [6.07, 6.45) is 0. The van der Waals surface area contributed by atoms with Crippen molar-refractivity contribution in [2.75, 3.05) is 78.9 Å². The molecule has 91 heavy (non-hydrogen) atoms. The molecule has 0 saturated heterocycles. The SMILES string of the molecule is CC(C)(C)[Si](C)(C)OCCN(CCO[Si](C)(C)C(C)(C)C)S(=O)(=O)c1cccc[c]1[Bi]([c]1ccccc1S(=O)(=O)N(CCO[Si](C)(C)C(C)(C)C)CCO[Si](C)(C)C(C)(C)C)[c]1ccccc1S(=O)(=O)N(CCO[Si](C)(C)C(C)(C)C)CCO[Si](C)(C)C(C)(C)C. The van der Waals surface area contributed by atoms with E-state index in [0.717, 1.165) is 0 Å². The first-order chi connectivity index (χ1) is 40.8. The maximum atomic E-state index is 16.3. The second-order valence-electron chi connectivity index (χ2n) is 33.6. The van der Waals surface area contributed by atoms with Gasteiger partial charge in [-0.3, -0.25) is 0 Å². The molecule has 0 aliphatic heterocycles. The van der Waals surface area contributed by atoms with Crippen molar-refractivity contribution < 1.29 is 51.8 Å².